The van der Waals surface area contributed by atoms with E-state index < -0.39 is 0 Å². The van der Waals surface area contributed by atoms with Gasteiger partial charge in [0.05, 0.1) is 23.8 Å². The van der Waals surface area contributed by atoms with Crippen LogP contribution in [-0.4, -0.2) is 22.1 Å². The molecule has 0 saturated carbocycles. The van der Waals surface area contributed by atoms with Gasteiger partial charge in [0.2, 0.25) is 6.79 Å². The molecule has 0 amide bonds. The molecule has 1 aliphatic rings. The van der Waals surface area contributed by atoms with Gasteiger partial charge in [-0.2, -0.15) is 0 Å². The van der Waals surface area contributed by atoms with Gasteiger partial charge in [0.1, 0.15) is 0 Å². The molecule has 0 atom stereocenters. The zero-order valence-electron chi connectivity index (χ0n) is 12.4. The van der Waals surface area contributed by atoms with E-state index in [0.717, 1.165) is 4.47 Å². The van der Waals surface area contributed by atoms with Crippen molar-refractivity contribution in [3.8, 4) is 11.5 Å². The maximum absolute atomic E-state index is 12.5. The predicted molar refractivity (Wildman–Crippen MR) is 90.6 cm³/mol. The van der Waals surface area contributed by atoms with Crippen molar-refractivity contribution >= 4 is 32.6 Å². The van der Waals surface area contributed by atoms with E-state index in [4.69, 9.17) is 9.47 Å². The molecule has 0 N–H and O–H groups in total. The Morgan fingerprint density at radius 1 is 1.17 bits per heavy atom. The number of carbonyl (C=O) groups is 1. The minimum atomic E-state index is -0.254. The normalized spacial score (nSPS) is 12.5. The van der Waals surface area contributed by atoms with Crippen LogP contribution in [0.3, 0.4) is 0 Å². The molecular formula is C17H11BrN2O4. The second-order valence-electron chi connectivity index (χ2n) is 5.33. The molecule has 0 bridgehead atoms. The van der Waals surface area contributed by atoms with Gasteiger partial charge in [-0.15, -0.1) is 0 Å². The number of hydrogen-bond donors (Lipinski definition) is 0. The van der Waals surface area contributed by atoms with Crippen LogP contribution in [0.4, 0.5) is 0 Å². The Morgan fingerprint density at radius 2 is 2.00 bits per heavy atom. The summed E-state index contributed by atoms with van der Waals surface area (Å²) in [6.45, 7) is 0.0594. The van der Waals surface area contributed by atoms with Crippen molar-refractivity contribution in [2.75, 3.05) is 6.79 Å². The molecule has 24 heavy (non-hydrogen) atoms. The highest BCUT2D eigenvalue weighted by Gasteiger charge is 2.17. The van der Waals surface area contributed by atoms with Crippen molar-refractivity contribution < 1.29 is 14.3 Å². The van der Waals surface area contributed by atoms with E-state index in [0.29, 0.717) is 28.0 Å². The lowest BCUT2D eigenvalue weighted by molar-refractivity contribution is 0.0970. The van der Waals surface area contributed by atoms with Crippen LogP contribution >= 0.6 is 15.9 Å². The van der Waals surface area contributed by atoms with E-state index in [2.05, 4.69) is 20.9 Å². The van der Waals surface area contributed by atoms with E-state index in [9.17, 15) is 9.59 Å². The van der Waals surface area contributed by atoms with Gasteiger partial charge < -0.3 is 9.47 Å². The Kier molecular flexibility index (Phi) is 3.57. The summed E-state index contributed by atoms with van der Waals surface area (Å²) < 4.78 is 12.6. The van der Waals surface area contributed by atoms with Crippen LogP contribution in [0.5, 0.6) is 11.5 Å². The zero-order valence-corrected chi connectivity index (χ0v) is 13.9. The minimum absolute atomic E-state index is 0.0894. The quantitative estimate of drug-likeness (QED) is 0.647. The molecule has 0 radical (unpaired) electrons. The standard InChI is InChI=1S/C17H11BrN2O4/c18-11-2-3-13-12(6-11)17(22)20(8-19-13)7-14(21)10-1-4-15-16(5-10)24-9-23-15/h1-6,8H,7,9H2. The van der Waals surface area contributed by atoms with Crippen molar-refractivity contribution in [3.63, 3.8) is 0 Å². The molecule has 2 heterocycles. The van der Waals surface area contributed by atoms with Crippen molar-refractivity contribution in [2.45, 2.75) is 6.54 Å². The number of rotatable bonds is 3. The Morgan fingerprint density at radius 3 is 2.88 bits per heavy atom. The topological polar surface area (TPSA) is 70.4 Å². The van der Waals surface area contributed by atoms with Gasteiger partial charge in [0, 0.05) is 10.0 Å². The Balaban J connectivity index is 1.67. The smallest absolute Gasteiger partial charge is 0.261 e. The molecule has 0 saturated heterocycles. The average molecular weight is 387 g/mol. The molecule has 0 aliphatic carbocycles. The van der Waals surface area contributed by atoms with Crippen LogP contribution in [0, 0.1) is 0 Å². The fourth-order valence-corrected chi connectivity index (χ4v) is 2.92. The summed E-state index contributed by atoms with van der Waals surface area (Å²) in [7, 11) is 0. The van der Waals surface area contributed by atoms with E-state index in [1.165, 1.54) is 10.9 Å². The number of benzene rings is 2. The lowest BCUT2D eigenvalue weighted by atomic mass is 10.1. The van der Waals surface area contributed by atoms with Gasteiger partial charge in [-0.25, -0.2) is 4.98 Å². The number of fused-ring (bicyclic) bond motifs is 2. The summed E-state index contributed by atoms with van der Waals surface area (Å²) in [6, 6.07) is 10.2. The van der Waals surface area contributed by atoms with Crippen LogP contribution in [0.1, 0.15) is 10.4 Å². The zero-order chi connectivity index (χ0) is 16.7. The molecule has 0 unspecified atom stereocenters. The third kappa shape index (κ3) is 2.56. The number of aromatic nitrogens is 2. The molecule has 120 valence electrons. The third-order valence-corrected chi connectivity index (χ3v) is 4.29. The first kappa shape index (κ1) is 14.9. The fourth-order valence-electron chi connectivity index (χ4n) is 2.56. The van der Waals surface area contributed by atoms with E-state index in [-0.39, 0.29) is 24.7 Å². The van der Waals surface area contributed by atoms with Crippen molar-refractivity contribution in [1.82, 2.24) is 9.55 Å². The summed E-state index contributed by atoms with van der Waals surface area (Å²) in [4.78, 5) is 29.2. The first-order chi connectivity index (χ1) is 11.6. The van der Waals surface area contributed by atoms with Gasteiger partial charge in [0.25, 0.3) is 5.56 Å². The summed E-state index contributed by atoms with van der Waals surface area (Å²) in [6.07, 6.45) is 1.39. The molecule has 2 aromatic carbocycles. The van der Waals surface area contributed by atoms with Gasteiger partial charge in [-0.1, -0.05) is 15.9 Å². The summed E-state index contributed by atoms with van der Waals surface area (Å²) in [5.74, 6) is 0.946. The van der Waals surface area contributed by atoms with Crippen molar-refractivity contribution in [2.24, 2.45) is 0 Å². The van der Waals surface area contributed by atoms with Gasteiger partial charge in [0.15, 0.2) is 17.3 Å². The second-order valence-corrected chi connectivity index (χ2v) is 6.25. The highest BCUT2D eigenvalue weighted by Crippen LogP contribution is 2.32. The molecule has 0 spiro atoms. The summed E-state index contributed by atoms with van der Waals surface area (Å²) >= 11 is 3.34. The number of hydrogen-bond acceptors (Lipinski definition) is 5. The Hall–Kier alpha value is -2.67. The number of nitrogens with zero attached hydrogens (tertiary/aromatic N) is 2. The Bertz CT molecular complexity index is 1030. The number of Topliss-reactive ketones (excluding diaryl/α,β-unsaturated/α-hetero) is 1. The highest BCUT2D eigenvalue weighted by atomic mass is 79.9. The summed E-state index contributed by atoms with van der Waals surface area (Å²) in [5, 5.41) is 0.463. The number of halogens is 1. The molecular weight excluding hydrogens is 376 g/mol. The highest BCUT2D eigenvalue weighted by molar-refractivity contribution is 9.10. The van der Waals surface area contributed by atoms with Crippen LogP contribution in [0.2, 0.25) is 0 Å². The number of carbonyl (C=O) groups excluding carboxylic acids is 1. The molecule has 7 heteroatoms. The van der Waals surface area contributed by atoms with Crippen LogP contribution in [-0.2, 0) is 6.54 Å². The molecule has 4 rings (SSSR count). The first-order valence-electron chi connectivity index (χ1n) is 7.19. The predicted octanol–water partition coefficient (Wildman–Crippen LogP) is 2.77. The molecule has 0 fully saturated rings. The van der Waals surface area contributed by atoms with E-state index >= 15 is 0 Å². The largest absolute Gasteiger partial charge is 0.454 e. The van der Waals surface area contributed by atoms with Gasteiger partial charge >= 0.3 is 0 Å². The van der Waals surface area contributed by atoms with Gasteiger partial charge in [-0.3, -0.25) is 14.2 Å². The average Bonchev–Trinajstić information content (AvgIpc) is 3.05. The van der Waals surface area contributed by atoms with Crippen LogP contribution < -0.4 is 15.0 Å². The second kappa shape index (κ2) is 5.76. The van der Waals surface area contributed by atoms with Gasteiger partial charge in [-0.05, 0) is 36.4 Å². The van der Waals surface area contributed by atoms with E-state index in [1.54, 1.807) is 30.3 Å². The minimum Gasteiger partial charge on any atom is -0.454 e. The SMILES string of the molecule is O=C(Cn1cnc2ccc(Br)cc2c1=O)c1ccc2c(c1)OCO2. The lowest BCUT2D eigenvalue weighted by Crippen LogP contribution is -2.24. The van der Waals surface area contributed by atoms with Crippen LogP contribution in [0.25, 0.3) is 10.9 Å². The number of ether oxygens (including phenoxy) is 2. The van der Waals surface area contributed by atoms with Crippen LogP contribution in [0.15, 0.2) is 52.0 Å². The summed E-state index contributed by atoms with van der Waals surface area (Å²) in [5.41, 5.74) is 0.797. The maximum atomic E-state index is 12.5. The first-order valence-corrected chi connectivity index (χ1v) is 7.99. The maximum Gasteiger partial charge on any atom is 0.261 e. The molecule has 1 aliphatic heterocycles. The molecule has 1 aromatic heterocycles. The molecule has 3 aromatic rings. The van der Waals surface area contributed by atoms with Crippen molar-refractivity contribution in [3.05, 3.63) is 63.1 Å². The Labute approximate surface area is 144 Å². The third-order valence-electron chi connectivity index (χ3n) is 3.79. The lowest BCUT2D eigenvalue weighted by Gasteiger charge is -2.07. The molecule has 6 nitrogen and oxygen atoms in total. The van der Waals surface area contributed by atoms with Crippen molar-refractivity contribution in [1.29, 1.82) is 0 Å². The fraction of sp³-hybridized carbons (Fsp3) is 0.118. The monoisotopic (exact) mass is 386 g/mol. The van der Waals surface area contributed by atoms with E-state index in [1.807, 2.05) is 6.07 Å². The number of ketones is 1.